The Morgan fingerprint density at radius 3 is 2.63 bits per heavy atom. The standard InChI is InChI=1S/C14H16FNO3/c15-11-2-1-10(13(17)18)7-12(11)16-8-14(9-16)3-5-19-6-4-14/h1-2,7H,3-6,8-9H2,(H,17,18). The molecule has 102 valence electrons. The third-order valence-electron chi connectivity index (χ3n) is 4.14. The second-order valence-electron chi connectivity index (χ2n) is 5.44. The molecular formula is C14H16FNO3. The molecule has 1 spiro atoms. The number of ether oxygens (including phenoxy) is 1. The second-order valence-corrected chi connectivity index (χ2v) is 5.44. The quantitative estimate of drug-likeness (QED) is 0.890. The summed E-state index contributed by atoms with van der Waals surface area (Å²) in [7, 11) is 0. The first-order chi connectivity index (χ1) is 9.10. The number of benzene rings is 1. The van der Waals surface area contributed by atoms with Gasteiger partial charge >= 0.3 is 5.97 Å². The van der Waals surface area contributed by atoms with E-state index in [-0.39, 0.29) is 16.8 Å². The maximum Gasteiger partial charge on any atom is 0.335 e. The van der Waals surface area contributed by atoms with Gasteiger partial charge in [0.2, 0.25) is 0 Å². The first-order valence-corrected chi connectivity index (χ1v) is 6.45. The SMILES string of the molecule is O=C(O)c1ccc(F)c(N2CC3(CCOCC3)C2)c1. The summed E-state index contributed by atoms with van der Waals surface area (Å²) in [4.78, 5) is 12.9. The van der Waals surface area contributed by atoms with Gasteiger partial charge in [-0.3, -0.25) is 0 Å². The van der Waals surface area contributed by atoms with Crippen LogP contribution in [0, 0.1) is 11.2 Å². The Balaban J connectivity index is 1.77. The summed E-state index contributed by atoms with van der Waals surface area (Å²) in [5.74, 6) is -1.38. The van der Waals surface area contributed by atoms with Gasteiger partial charge in [0.05, 0.1) is 11.3 Å². The number of rotatable bonds is 2. The van der Waals surface area contributed by atoms with Crippen LogP contribution in [0.25, 0.3) is 0 Å². The van der Waals surface area contributed by atoms with Gasteiger partial charge in [-0.15, -0.1) is 0 Å². The van der Waals surface area contributed by atoms with E-state index in [2.05, 4.69) is 0 Å². The molecule has 0 unspecified atom stereocenters. The van der Waals surface area contributed by atoms with E-state index in [9.17, 15) is 9.18 Å². The number of aromatic carboxylic acids is 1. The lowest BCUT2D eigenvalue weighted by Gasteiger charge is -2.53. The Bertz CT molecular complexity index is 503. The number of carboxylic acids is 1. The zero-order chi connectivity index (χ0) is 13.5. The van der Waals surface area contributed by atoms with Crippen molar-refractivity contribution in [2.75, 3.05) is 31.2 Å². The molecule has 0 bridgehead atoms. The van der Waals surface area contributed by atoms with Crippen LogP contribution in [-0.2, 0) is 4.74 Å². The fourth-order valence-electron chi connectivity index (χ4n) is 2.94. The molecule has 2 saturated heterocycles. The Hall–Kier alpha value is -1.62. The Kier molecular flexibility index (Phi) is 2.93. The lowest BCUT2D eigenvalue weighted by Crippen LogP contribution is -2.58. The predicted octanol–water partition coefficient (Wildman–Crippen LogP) is 2.14. The van der Waals surface area contributed by atoms with E-state index in [0.29, 0.717) is 5.69 Å². The van der Waals surface area contributed by atoms with E-state index in [0.717, 1.165) is 39.1 Å². The van der Waals surface area contributed by atoms with Crippen molar-refractivity contribution in [3.63, 3.8) is 0 Å². The fourth-order valence-corrected chi connectivity index (χ4v) is 2.94. The molecule has 1 aromatic rings. The van der Waals surface area contributed by atoms with Crippen molar-refractivity contribution < 1.29 is 19.0 Å². The van der Waals surface area contributed by atoms with E-state index >= 15 is 0 Å². The topological polar surface area (TPSA) is 49.8 Å². The largest absolute Gasteiger partial charge is 0.478 e. The normalized spacial score (nSPS) is 21.2. The Morgan fingerprint density at radius 1 is 1.32 bits per heavy atom. The zero-order valence-corrected chi connectivity index (χ0v) is 10.6. The van der Waals surface area contributed by atoms with Gasteiger partial charge in [0.15, 0.2) is 0 Å². The van der Waals surface area contributed by atoms with Crippen molar-refractivity contribution in [2.45, 2.75) is 12.8 Å². The molecule has 0 aliphatic carbocycles. The number of nitrogens with zero attached hydrogens (tertiary/aromatic N) is 1. The van der Waals surface area contributed by atoms with Crippen molar-refractivity contribution in [2.24, 2.45) is 5.41 Å². The second kappa shape index (κ2) is 4.49. The lowest BCUT2D eigenvalue weighted by atomic mass is 9.73. The highest BCUT2D eigenvalue weighted by Gasteiger charge is 2.44. The molecule has 0 saturated carbocycles. The van der Waals surface area contributed by atoms with Crippen LogP contribution >= 0.6 is 0 Å². The van der Waals surface area contributed by atoms with Crippen LogP contribution in [0.15, 0.2) is 18.2 Å². The van der Waals surface area contributed by atoms with Crippen molar-refractivity contribution in [3.8, 4) is 0 Å². The molecule has 2 aliphatic heterocycles. The van der Waals surface area contributed by atoms with E-state index in [1.54, 1.807) is 0 Å². The van der Waals surface area contributed by atoms with Crippen molar-refractivity contribution in [1.82, 2.24) is 0 Å². The summed E-state index contributed by atoms with van der Waals surface area (Å²) < 4.78 is 19.1. The van der Waals surface area contributed by atoms with Crippen LogP contribution < -0.4 is 4.90 Å². The summed E-state index contributed by atoms with van der Waals surface area (Å²) in [5, 5.41) is 8.96. The van der Waals surface area contributed by atoms with Gasteiger partial charge in [0.25, 0.3) is 0 Å². The van der Waals surface area contributed by atoms with Gasteiger partial charge < -0.3 is 14.7 Å². The minimum absolute atomic E-state index is 0.129. The van der Waals surface area contributed by atoms with E-state index < -0.39 is 5.97 Å². The number of hydrogen-bond donors (Lipinski definition) is 1. The average Bonchev–Trinajstić information content (AvgIpc) is 2.37. The smallest absolute Gasteiger partial charge is 0.335 e. The fraction of sp³-hybridized carbons (Fsp3) is 0.500. The molecule has 1 aromatic carbocycles. The number of hydrogen-bond acceptors (Lipinski definition) is 3. The number of halogens is 1. The van der Waals surface area contributed by atoms with Gasteiger partial charge in [-0.25, -0.2) is 9.18 Å². The third kappa shape index (κ3) is 2.18. The summed E-state index contributed by atoms with van der Waals surface area (Å²) in [6.07, 6.45) is 2.01. The highest BCUT2D eigenvalue weighted by molar-refractivity contribution is 5.89. The first kappa shape index (κ1) is 12.4. The minimum Gasteiger partial charge on any atom is -0.478 e. The van der Waals surface area contributed by atoms with Gasteiger partial charge in [-0.1, -0.05) is 0 Å². The number of carboxylic acid groups (broad SMARTS) is 1. The lowest BCUT2D eigenvalue weighted by molar-refractivity contribution is -0.000388. The predicted molar refractivity (Wildman–Crippen MR) is 68.1 cm³/mol. The molecule has 5 heteroatoms. The van der Waals surface area contributed by atoms with Crippen molar-refractivity contribution in [1.29, 1.82) is 0 Å². The monoisotopic (exact) mass is 265 g/mol. The maximum absolute atomic E-state index is 13.8. The molecule has 19 heavy (non-hydrogen) atoms. The summed E-state index contributed by atoms with van der Waals surface area (Å²) in [5.41, 5.74) is 0.769. The highest BCUT2D eigenvalue weighted by atomic mass is 19.1. The molecular weight excluding hydrogens is 249 g/mol. The van der Waals surface area contributed by atoms with Crippen LogP contribution in [0.1, 0.15) is 23.2 Å². The third-order valence-corrected chi connectivity index (χ3v) is 4.14. The molecule has 2 fully saturated rings. The first-order valence-electron chi connectivity index (χ1n) is 6.45. The van der Waals surface area contributed by atoms with Crippen molar-refractivity contribution >= 4 is 11.7 Å². The Labute approximate surface area is 110 Å². The molecule has 0 amide bonds. The molecule has 0 atom stereocenters. The molecule has 3 rings (SSSR count). The molecule has 1 N–H and O–H groups in total. The van der Waals surface area contributed by atoms with Gasteiger partial charge in [-0.2, -0.15) is 0 Å². The maximum atomic E-state index is 13.8. The van der Waals surface area contributed by atoms with Gasteiger partial charge in [0, 0.05) is 31.7 Å². The minimum atomic E-state index is -1.03. The van der Waals surface area contributed by atoms with Gasteiger partial charge in [0.1, 0.15) is 5.82 Å². The Morgan fingerprint density at radius 2 is 2.00 bits per heavy atom. The highest BCUT2D eigenvalue weighted by Crippen LogP contribution is 2.42. The summed E-state index contributed by atoms with van der Waals surface area (Å²) >= 11 is 0. The van der Waals surface area contributed by atoms with E-state index in [4.69, 9.17) is 9.84 Å². The zero-order valence-electron chi connectivity index (χ0n) is 10.6. The molecule has 2 aliphatic rings. The molecule has 2 heterocycles. The van der Waals surface area contributed by atoms with Crippen LogP contribution in [0.3, 0.4) is 0 Å². The average molecular weight is 265 g/mol. The van der Waals surface area contributed by atoms with Crippen LogP contribution in [0.4, 0.5) is 10.1 Å². The van der Waals surface area contributed by atoms with Crippen molar-refractivity contribution in [3.05, 3.63) is 29.6 Å². The van der Waals surface area contributed by atoms with Crippen LogP contribution in [0.2, 0.25) is 0 Å². The molecule has 0 aromatic heterocycles. The number of carbonyl (C=O) groups is 1. The summed E-state index contributed by atoms with van der Waals surface area (Å²) in [6.45, 7) is 3.11. The van der Waals surface area contributed by atoms with E-state index in [1.807, 2.05) is 4.90 Å². The van der Waals surface area contributed by atoms with Crippen LogP contribution in [0.5, 0.6) is 0 Å². The number of anilines is 1. The molecule has 4 nitrogen and oxygen atoms in total. The van der Waals surface area contributed by atoms with Gasteiger partial charge in [-0.05, 0) is 31.0 Å². The molecule has 0 radical (unpaired) electrons. The summed E-state index contributed by atoms with van der Waals surface area (Å²) in [6, 6.07) is 3.95. The van der Waals surface area contributed by atoms with E-state index in [1.165, 1.54) is 18.2 Å². The van der Waals surface area contributed by atoms with Crippen LogP contribution in [-0.4, -0.2) is 37.4 Å².